The number of hydrogen-bond donors (Lipinski definition) is 0. The summed E-state index contributed by atoms with van der Waals surface area (Å²) in [4.78, 5) is 2.18. The first-order valence-electron chi connectivity index (χ1n) is 6.16. The van der Waals surface area contributed by atoms with Crippen molar-refractivity contribution in [3.05, 3.63) is 66.2 Å². The van der Waals surface area contributed by atoms with Crippen molar-refractivity contribution in [1.82, 2.24) is 4.90 Å². The Hall–Kier alpha value is -1.80. The van der Waals surface area contributed by atoms with Crippen LogP contribution in [0.2, 0.25) is 0 Å². The highest BCUT2D eigenvalue weighted by atomic mass is 16.5. The highest BCUT2D eigenvalue weighted by Crippen LogP contribution is 2.19. The Morgan fingerprint density at radius 3 is 2.00 bits per heavy atom. The molecule has 2 rings (SSSR count). The minimum Gasteiger partial charge on any atom is -0.492 e. The molecule has 0 spiro atoms. The quantitative estimate of drug-likeness (QED) is 0.795. The molecule has 94 valence electrons. The van der Waals surface area contributed by atoms with Crippen molar-refractivity contribution in [2.75, 3.05) is 20.7 Å². The number of hydrogen-bond acceptors (Lipinski definition) is 2. The number of benzene rings is 2. The van der Waals surface area contributed by atoms with Gasteiger partial charge in [0.25, 0.3) is 0 Å². The maximum atomic E-state index is 5.84. The fraction of sp³-hybridized carbons (Fsp3) is 0.250. The Labute approximate surface area is 109 Å². The van der Waals surface area contributed by atoms with Crippen LogP contribution in [0, 0.1) is 0 Å². The lowest BCUT2D eigenvalue weighted by molar-refractivity contribution is 0.187. The van der Waals surface area contributed by atoms with Gasteiger partial charge in [-0.05, 0) is 31.8 Å². The monoisotopic (exact) mass is 241 g/mol. The first-order chi connectivity index (χ1) is 8.77. The van der Waals surface area contributed by atoms with Gasteiger partial charge in [-0.25, -0.2) is 0 Å². The molecule has 2 nitrogen and oxygen atoms in total. The number of likely N-dealkylation sites (N-methyl/N-ethyl adjacent to an activating group) is 1. The van der Waals surface area contributed by atoms with Crippen molar-refractivity contribution in [2.45, 2.75) is 6.04 Å². The largest absolute Gasteiger partial charge is 0.492 e. The van der Waals surface area contributed by atoms with E-state index in [1.807, 2.05) is 36.4 Å². The third-order valence-corrected chi connectivity index (χ3v) is 2.96. The summed E-state index contributed by atoms with van der Waals surface area (Å²) >= 11 is 0. The maximum absolute atomic E-state index is 5.84. The summed E-state index contributed by atoms with van der Waals surface area (Å²) in [5.74, 6) is 0.917. The van der Waals surface area contributed by atoms with E-state index in [2.05, 4.69) is 43.3 Å². The molecule has 0 fully saturated rings. The van der Waals surface area contributed by atoms with E-state index in [-0.39, 0.29) is 6.04 Å². The molecule has 0 aromatic heterocycles. The van der Waals surface area contributed by atoms with Crippen LogP contribution in [0.15, 0.2) is 60.7 Å². The second-order valence-electron chi connectivity index (χ2n) is 4.51. The van der Waals surface area contributed by atoms with Crippen LogP contribution in [0.1, 0.15) is 11.6 Å². The summed E-state index contributed by atoms with van der Waals surface area (Å²) < 4.78 is 5.84. The van der Waals surface area contributed by atoms with Crippen LogP contribution < -0.4 is 4.74 Å². The summed E-state index contributed by atoms with van der Waals surface area (Å²) in [5, 5.41) is 0. The van der Waals surface area contributed by atoms with E-state index >= 15 is 0 Å². The summed E-state index contributed by atoms with van der Waals surface area (Å²) in [6, 6.07) is 20.6. The lowest BCUT2D eigenvalue weighted by atomic mass is 10.1. The molecule has 1 unspecified atom stereocenters. The zero-order valence-corrected chi connectivity index (χ0v) is 10.9. The Balaban J connectivity index is 2.04. The number of para-hydroxylation sites is 1. The van der Waals surface area contributed by atoms with Crippen LogP contribution >= 0.6 is 0 Å². The van der Waals surface area contributed by atoms with E-state index in [0.717, 1.165) is 5.75 Å². The highest BCUT2D eigenvalue weighted by molar-refractivity contribution is 5.22. The van der Waals surface area contributed by atoms with Crippen LogP contribution in [-0.4, -0.2) is 25.6 Å². The molecule has 0 aliphatic rings. The second-order valence-corrected chi connectivity index (χ2v) is 4.51. The molecule has 0 radical (unpaired) electrons. The lowest BCUT2D eigenvalue weighted by Gasteiger charge is -2.24. The molecule has 0 amide bonds. The summed E-state index contributed by atoms with van der Waals surface area (Å²) in [5.41, 5.74) is 1.28. The van der Waals surface area contributed by atoms with E-state index in [1.54, 1.807) is 0 Å². The summed E-state index contributed by atoms with van der Waals surface area (Å²) in [6.45, 7) is 0.654. The molecule has 0 saturated heterocycles. The Kier molecular flexibility index (Phi) is 4.37. The molecule has 0 aliphatic heterocycles. The summed E-state index contributed by atoms with van der Waals surface area (Å²) in [6.07, 6.45) is 0. The van der Waals surface area contributed by atoms with Crippen molar-refractivity contribution in [3.8, 4) is 5.75 Å². The van der Waals surface area contributed by atoms with Gasteiger partial charge < -0.3 is 4.74 Å². The number of rotatable bonds is 5. The SMILES string of the molecule is CN(C)C(COc1ccccc1)c1ccccc1. The Bertz CT molecular complexity index is 453. The van der Waals surface area contributed by atoms with Crippen molar-refractivity contribution in [1.29, 1.82) is 0 Å². The highest BCUT2D eigenvalue weighted by Gasteiger charge is 2.14. The van der Waals surface area contributed by atoms with E-state index in [0.29, 0.717) is 6.61 Å². The molecule has 0 saturated carbocycles. The zero-order chi connectivity index (χ0) is 12.8. The van der Waals surface area contributed by atoms with Gasteiger partial charge in [-0.15, -0.1) is 0 Å². The molecule has 2 aromatic rings. The van der Waals surface area contributed by atoms with Crippen molar-refractivity contribution in [2.24, 2.45) is 0 Å². The normalized spacial score (nSPS) is 12.4. The molecule has 0 bridgehead atoms. The molecular weight excluding hydrogens is 222 g/mol. The van der Waals surface area contributed by atoms with Gasteiger partial charge >= 0.3 is 0 Å². The van der Waals surface area contributed by atoms with Crippen LogP contribution in [0.5, 0.6) is 5.75 Å². The molecule has 2 aromatic carbocycles. The van der Waals surface area contributed by atoms with Gasteiger partial charge in [-0.3, -0.25) is 4.90 Å². The molecule has 2 heteroatoms. The predicted molar refractivity (Wildman–Crippen MR) is 74.8 cm³/mol. The zero-order valence-electron chi connectivity index (χ0n) is 10.9. The first kappa shape index (κ1) is 12.7. The fourth-order valence-corrected chi connectivity index (χ4v) is 1.91. The van der Waals surface area contributed by atoms with Gasteiger partial charge in [0.15, 0.2) is 0 Å². The Morgan fingerprint density at radius 2 is 1.44 bits per heavy atom. The minimum absolute atomic E-state index is 0.270. The van der Waals surface area contributed by atoms with Gasteiger partial charge in [0, 0.05) is 0 Å². The number of ether oxygens (including phenoxy) is 1. The predicted octanol–water partition coefficient (Wildman–Crippen LogP) is 3.37. The standard InChI is InChI=1S/C16H19NO/c1-17(2)16(14-9-5-3-6-10-14)13-18-15-11-7-4-8-12-15/h3-12,16H,13H2,1-2H3. The molecule has 18 heavy (non-hydrogen) atoms. The minimum atomic E-state index is 0.270. The summed E-state index contributed by atoms with van der Waals surface area (Å²) in [7, 11) is 4.15. The van der Waals surface area contributed by atoms with Crippen LogP contribution in [0.4, 0.5) is 0 Å². The van der Waals surface area contributed by atoms with Crippen molar-refractivity contribution >= 4 is 0 Å². The topological polar surface area (TPSA) is 12.5 Å². The Morgan fingerprint density at radius 1 is 0.889 bits per heavy atom. The molecule has 0 N–H and O–H groups in total. The van der Waals surface area contributed by atoms with E-state index < -0.39 is 0 Å². The van der Waals surface area contributed by atoms with E-state index in [9.17, 15) is 0 Å². The number of nitrogens with zero attached hydrogens (tertiary/aromatic N) is 1. The van der Waals surface area contributed by atoms with Crippen molar-refractivity contribution < 1.29 is 4.74 Å². The fourth-order valence-electron chi connectivity index (χ4n) is 1.91. The van der Waals surface area contributed by atoms with Crippen LogP contribution in [0.25, 0.3) is 0 Å². The smallest absolute Gasteiger partial charge is 0.119 e. The van der Waals surface area contributed by atoms with Gasteiger partial charge in [-0.1, -0.05) is 48.5 Å². The third kappa shape index (κ3) is 3.34. The maximum Gasteiger partial charge on any atom is 0.119 e. The van der Waals surface area contributed by atoms with Crippen molar-refractivity contribution in [3.63, 3.8) is 0 Å². The third-order valence-electron chi connectivity index (χ3n) is 2.96. The average molecular weight is 241 g/mol. The second kappa shape index (κ2) is 6.22. The van der Waals surface area contributed by atoms with Gasteiger partial charge in [-0.2, -0.15) is 0 Å². The van der Waals surface area contributed by atoms with Crippen LogP contribution in [0.3, 0.4) is 0 Å². The van der Waals surface area contributed by atoms with Gasteiger partial charge in [0.2, 0.25) is 0 Å². The van der Waals surface area contributed by atoms with Crippen LogP contribution in [-0.2, 0) is 0 Å². The lowest BCUT2D eigenvalue weighted by Crippen LogP contribution is -2.25. The van der Waals surface area contributed by atoms with E-state index in [1.165, 1.54) is 5.56 Å². The molecule has 0 aliphatic carbocycles. The van der Waals surface area contributed by atoms with Gasteiger partial charge in [0.1, 0.15) is 12.4 Å². The molecular formula is C16H19NO. The first-order valence-corrected chi connectivity index (χ1v) is 6.16. The molecule has 1 atom stereocenters. The van der Waals surface area contributed by atoms with Gasteiger partial charge in [0.05, 0.1) is 6.04 Å². The average Bonchev–Trinajstić information content (AvgIpc) is 2.41. The van der Waals surface area contributed by atoms with E-state index in [4.69, 9.17) is 4.74 Å². The molecule has 0 heterocycles.